The van der Waals surface area contributed by atoms with Gasteiger partial charge in [-0.25, -0.2) is 14.4 Å². The Morgan fingerprint density at radius 1 is 0.929 bits per heavy atom. The van der Waals surface area contributed by atoms with Gasteiger partial charge in [-0.1, -0.05) is 19.9 Å². The minimum Gasteiger partial charge on any atom is -0.465 e. The van der Waals surface area contributed by atoms with Gasteiger partial charge in [-0.2, -0.15) is 0 Å². The Bertz CT molecular complexity index is 833. The molecule has 0 radical (unpaired) electrons. The molecule has 0 bridgehead atoms. The van der Waals surface area contributed by atoms with E-state index in [1.165, 1.54) is 25.2 Å². The molecule has 1 aliphatic rings. The van der Waals surface area contributed by atoms with E-state index in [9.17, 15) is 14.4 Å². The van der Waals surface area contributed by atoms with Crippen molar-refractivity contribution in [3.63, 3.8) is 0 Å². The fraction of sp³-hybridized carbons (Fsp3) is 0.286. The zero-order chi connectivity index (χ0) is 20.7. The van der Waals surface area contributed by atoms with Crippen molar-refractivity contribution in [1.29, 1.82) is 0 Å². The Balaban J connectivity index is 2.39. The molecule has 7 nitrogen and oxygen atoms in total. The third-order valence-electron chi connectivity index (χ3n) is 3.82. The quantitative estimate of drug-likeness (QED) is 0.550. The van der Waals surface area contributed by atoms with Gasteiger partial charge >= 0.3 is 17.9 Å². The van der Waals surface area contributed by atoms with Gasteiger partial charge in [0.15, 0.2) is 0 Å². The van der Waals surface area contributed by atoms with Gasteiger partial charge in [0.2, 0.25) is 0 Å². The summed E-state index contributed by atoms with van der Waals surface area (Å²) >= 11 is 0. The summed E-state index contributed by atoms with van der Waals surface area (Å²) in [7, 11) is 2.47. The van der Waals surface area contributed by atoms with Crippen LogP contribution in [-0.4, -0.2) is 38.7 Å². The lowest BCUT2D eigenvalue weighted by molar-refractivity contribution is -0.139. The Morgan fingerprint density at radius 3 is 2.14 bits per heavy atom. The van der Waals surface area contributed by atoms with Gasteiger partial charge < -0.3 is 19.1 Å². The number of carbonyl (C=O) groups excluding carboxylic acids is 3. The molecule has 7 heteroatoms. The molecule has 0 unspecified atom stereocenters. The van der Waals surface area contributed by atoms with Crippen LogP contribution in [0.4, 0.5) is 5.69 Å². The molecular weight excluding hydrogens is 362 g/mol. The van der Waals surface area contributed by atoms with Crippen molar-refractivity contribution in [1.82, 2.24) is 0 Å². The summed E-state index contributed by atoms with van der Waals surface area (Å²) in [5, 5.41) is 0. The molecule has 2 rings (SSSR count). The highest BCUT2D eigenvalue weighted by atomic mass is 16.5. The van der Waals surface area contributed by atoms with Gasteiger partial charge in [0, 0.05) is 11.9 Å². The van der Waals surface area contributed by atoms with E-state index in [1.54, 1.807) is 42.6 Å². The van der Waals surface area contributed by atoms with Crippen molar-refractivity contribution in [3.8, 4) is 0 Å². The maximum atomic E-state index is 12.4. The fourth-order valence-corrected chi connectivity index (χ4v) is 2.45. The Labute approximate surface area is 163 Å². The summed E-state index contributed by atoms with van der Waals surface area (Å²) in [4.78, 5) is 38.1. The molecule has 0 saturated carbocycles. The molecule has 0 aromatic heterocycles. The van der Waals surface area contributed by atoms with Gasteiger partial charge in [-0.15, -0.1) is 0 Å². The van der Waals surface area contributed by atoms with E-state index < -0.39 is 17.9 Å². The molecule has 1 aromatic carbocycles. The SMILES string of the molecule is COC(=O)C1=C(C(=O)OC)N(c2ccc(C(=O)OCC(C)C)cc2)C=CC=C1. The highest BCUT2D eigenvalue weighted by molar-refractivity contribution is 6.05. The van der Waals surface area contributed by atoms with Crippen LogP contribution in [0.1, 0.15) is 24.2 Å². The van der Waals surface area contributed by atoms with Crippen molar-refractivity contribution >= 4 is 23.6 Å². The van der Waals surface area contributed by atoms with Crippen molar-refractivity contribution in [3.05, 3.63) is 65.5 Å². The number of anilines is 1. The number of hydrogen-bond acceptors (Lipinski definition) is 7. The van der Waals surface area contributed by atoms with Crippen LogP contribution < -0.4 is 4.90 Å². The van der Waals surface area contributed by atoms with Gasteiger partial charge in [0.1, 0.15) is 5.70 Å². The maximum absolute atomic E-state index is 12.4. The Kier molecular flexibility index (Phi) is 7.14. The number of allylic oxidation sites excluding steroid dienone is 2. The van der Waals surface area contributed by atoms with Gasteiger partial charge in [0.05, 0.1) is 32.0 Å². The molecule has 0 aliphatic carbocycles. The van der Waals surface area contributed by atoms with Crippen LogP contribution in [0.3, 0.4) is 0 Å². The number of hydrogen-bond donors (Lipinski definition) is 0. The van der Waals surface area contributed by atoms with Crippen molar-refractivity contribution in [2.24, 2.45) is 5.92 Å². The van der Waals surface area contributed by atoms with Crippen molar-refractivity contribution in [2.75, 3.05) is 25.7 Å². The highest BCUT2D eigenvalue weighted by Crippen LogP contribution is 2.26. The largest absolute Gasteiger partial charge is 0.465 e. The lowest BCUT2D eigenvalue weighted by Gasteiger charge is -2.23. The van der Waals surface area contributed by atoms with Crippen LogP contribution in [0.5, 0.6) is 0 Å². The smallest absolute Gasteiger partial charge is 0.355 e. The molecule has 28 heavy (non-hydrogen) atoms. The maximum Gasteiger partial charge on any atom is 0.355 e. The highest BCUT2D eigenvalue weighted by Gasteiger charge is 2.27. The topological polar surface area (TPSA) is 82.1 Å². The molecule has 1 heterocycles. The second-order valence-corrected chi connectivity index (χ2v) is 6.36. The molecule has 0 saturated heterocycles. The third kappa shape index (κ3) is 4.88. The first-order valence-corrected chi connectivity index (χ1v) is 8.71. The lowest BCUT2D eigenvalue weighted by atomic mass is 10.1. The molecule has 0 amide bonds. The van der Waals surface area contributed by atoms with Crippen molar-refractivity contribution in [2.45, 2.75) is 13.8 Å². The molecule has 0 spiro atoms. The first-order chi connectivity index (χ1) is 13.4. The number of benzene rings is 1. The zero-order valence-electron chi connectivity index (χ0n) is 16.3. The van der Waals surface area contributed by atoms with E-state index in [0.29, 0.717) is 17.9 Å². The summed E-state index contributed by atoms with van der Waals surface area (Å²) in [6.45, 7) is 4.24. The number of nitrogens with zero attached hydrogens (tertiary/aromatic N) is 1. The van der Waals surface area contributed by atoms with Crippen molar-refractivity contribution < 1.29 is 28.6 Å². The molecule has 0 atom stereocenters. The summed E-state index contributed by atoms with van der Waals surface area (Å²) in [5.74, 6) is -1.55. The Morgan fingerprint density at radius 2 is 1.57 bits per heavy atom. The second-order valence-electron chi connectivity index (χ2n) is 6.36. The van der Waals surface area contributed by atoms with Crippen LogP contribution in [0.15, 0.2) is 60.0 Å². The van der Waals surface area contributed by atoms with Crippen LogP contribution in [-0.2, 0) is 23.8 Å². The van der Waals surface area contributed by atoms with Gasteiger partial charge in [0.25, 0.3) is 0 Å². The van der Waals surface area contributed by atoms with E-state index >= 15 is 0 Å². The molecular formula is C21H23NO6. The Hall–Kier alpha value is -3.35. The number of rotatable bonds is 6. The van der Waals surface area contributed by atoms with E-state index in [2.05, 4.69) is 0 Å². The first kappa shape index (κ1) is 21.0. The fourth-order valence-electron chi connectivity index (χ4n) is 2.45. The second kappa shape index (κ2) is 9.55. The monoisotopic (exact) mass is 385 g/mol. The van der Waals surface area contributed by atoms with E-state index in [1.807, 2.05) is 13.8 Å². The lowest BCUT2D eigenvalue weighted by Crippen LogP contribution is -2.27. The van der Waals surface area contributed by atoms with Crippen LogP contribution in [0.25, 0.3) is 0 Å². The van der Waals surface area contributed by atoms with Gasteiger partial charge in [-0.05, 0) is 42.3 Å². The molecule has 1 aliphatic heterocycles. The molecule has 0 N–H and O–H groups in total. The van der Waals surface area contributed by atoms with E-state index in [4.69, 9.17) is 14.2 Å². The third-order valence-corrected chi connectivity index (χ3v) is 3.82. The summed E-state index contributed by atoms with van der Waals surface area (Å²) < 4.78 is 14.8. The molecule has 1 aromatic rings. The van der Waals surface area contributed by atoms with E-state index in [-0.39, 0.29) is 17.2 Å². The predicted octanol–water partition coefficient (Wildman–Crippen LogP) is 2.99. The number of ether oxygens (including phenoxy) is 3. The first-order valence-electron chi connectivity index (χ1n) is 8.71. The standard InChI is InChI=1S/C21H23NO6/c1-14(2)13-28-19(23)15-8-10-16(11-9-15)22-12-6-5-7-17(20(24)26-3)18(22)21(25)27-4/h5-12,14H,13H2,1-4H3. The normalized spacial score (nSPS) is 13.4. The zero-order valence-corrected chi connectivity index (χ0v) is 16.3. The molecule has 0 fully saturated rings. The van der Waals surface area contributed by atoms with Crippen LogP contribution in [0.2, 0.25) is 0 Å². The number of carbonyl (C=O) groups is 3. The average Bonchev–Trinajstić information content (AvgIpc) is 2.93. The summed E-state index contributed by atoms with van der Waals surface area (Å²) in [6, 6.07) is 6.49. The number of esters is 3. The van der Waals surface area contributed by atoms with Gasteiger partial charge in [-0.3, -0.25) is 0 Å². The van der Waals surface area contributed by atoms with E-state index in [0.717, 1.165) is 0 Å². The minimum absolute atomic E-state index is 0.00878. The summed E-state index contributed by atoms with van der Waals surface area (Å²) in [5.41, 5.74) is 1.01. The van der Waals surface area contributed by atoms with Crippen LogP contribution >= 0.6 is 0 Å². The number of methoxy groups -OCH3 is 2. The average molecular weight is 385 g/mol. The predicted molar refractivity (Wildman–Crippen MR) is 103 cm³/mol. The van der Waals surface area contributed by atoms with Crippen LogP contribution in [0, 0.1) is 5.92 Å². The molecule has 148 valence electrons. The summed E-state index contributed by atoms with van der Waals surface area (Å²) in [6.07, 6.45) is 6.38. The minimum atomic E-state index is -0.697.